The highest BCUT2D eigenvalue weighted by molar-refractivity contribution is 6.42. The zero-order valence-electron chi connectivity index (χ0n) is 12.3. The van der Waals surface area contributed by atoms with Gasteiger partial charge in [-0.3, -0.25) is 0 Å². The highest BCUT2D eigenvalue weighted by Gasteiger charge is 2.23. The van der Waals surface area contributed by atoms with E-state index < -0.39 is 0 Å². The van der Waals surface area contributed by atoms with Crippen LogP contribution in [0.4, 0.5) is 0 Å². The molecule has 0 aliphatic carbocycles. The van der Waals surface area contributed by atoms with E-state index in [2.05, 4.69) is 18.7 Å². The first kappa shape index (κ1) is 16.1. The minimum atomic E-state index is -0.0455. The van der Waals surface area contributed by atoms with Gasteiger partial charge < -0.3 is 10.6 Å². The number of hydrogen-bond donors (Lipinski definition) is 1. The molecular formula is C16H24Cl2N2. The smallest absolute Gasteiger partial charge is 0.0640 e. The first-order valence-electron chi connectivity index (χ1n) is 7.41. The molecule has 1 aromatic carbocycles. The fourth-order valence-electron chi connectivity index (χ4n) is 2.84. The lowest BCUT2D eigenvalue weighted by atomic mass is 9.88. The predicted octanol–water partition coefficient (Wildman–Crippen LogP) is 4.36. The molecule has 1 aliphatic rings. The molecule has 2 rings (SSSR count). The standard InChI is InChI=1S/C16H24Cl2N2/c1-11-6-8-20(10-12(11)2)9-7-15(19)13-4-3-5-14(17)16(13)18/h3-5,11-12,15H,6-10,19H2,1-2H3. The van der Waals surface area contributed by atoms with E-state index >= 15 is 0 Å². The monoisotopic (exact) mass is 314 g/mol. The van der Waals surface area contributed by atoms with Crippen molar-refractivity contribution in [3.05, 3.63) is 33.8 Å². The zero-order chi connectivity index (χ0) is 14.7. The molecule has 0 saturated carbocycles. The lowest BCUT2D eigenvalue weighted by molar-refractivity contribution is 0.135. The largest absolute Gasteiger partial charge is 0.324 e. The third-order valence-corrected chi connectivity index (χ3v) is 5.39. The van der Waals surface area contributed by atoms with Crippen molar-refractivity contribution in [1.29, 1.82) is 0 Å². The van der Waals surface area contributed by atoms with Gasteiger partial charge in [-0.15, -0.1) is 0 Å². The maximum Gasteiger partial charge on any atom is 0.0640 e. The van der Waals surface area contributed by atoms with Gasteiger partial charge in [-0.1, -0.05) is 49.2 Å². The van der Waals surface area contributed by atoms with Crippen molar-refractivity contribution in [2.45, 2.75) is 32.7 Å². The summed E-state index contributed by atoms with van der Waals surface area (Å²) < 4.78 is 0. The van der Waals surface area contributed by atoms with Crippen molar-refractivity contribution < 1.29 is 0 Å². The second-order valence-corrected chi connectivity index (χ2v) is 6.87. The third-order valence-electron chi connectivity index (χ3n) is 4.56. The van der Waals surface area contributed by atoms with E-state index in [1.165, 1.54) is 19.5 Å². The van der Waals surface area contributed by atoms with Crippen LogP contribution >= 0.6 is 23.2 Å². The number of piperidine rings is 1. The van der Waals surface area contributed by atoms with Crippen molar-refractivity contribution >= 4 is 23.2 Å². The second-order valence-electron chi connectivity index (χ2n) is 6.08. The van der Waals surface area contributed by atoms with Gasteiger partial charge in [0.15, 0.2) is 0 Å². The zero-order valence-corrected chi connectivity index (χ0v) is 13.8. The fraction of sp³-hybridized carbons (Fsp3) is 0.625. The van der Waals surface area contributed by atoms with E-state index in [9.17, 15) is 0 Å². The van der Waals surface area contributed by atoms with E-state index in [1.54, 1.807) is 6.07 Å². The van der Waals surface area contributed by atoms with Crippen LogP contribution in [0, 0.1) is 11.8 Å². The van der Waals surface area contributed by atoms with Crippen LogP contribution < -0.4 is 5.73 Å². The Morgan fingerprint density at radius 1 is 1.30 bits per heavy atom. The molecule has 1 fully saturated rings. The molecule has 1 heterocycles. The van der Waals surface area contributed by atoms with Crippen molar-refractivity contribution in [1.82, 2.24) is 4.90 Å². The number of hydrogen-bond acceptors (Lipinski definition) is 2. The highest BCUT2D eigenvalue weighted by Crippen LogP contribution is 2.30. The first-order chi connectivity index (χ1) is 9.49. The predicted molar refractivity (Wildman–Crippen MR) is 87.4 cm³/mol. The van der Waals surface area contributed by atoms with Crippen LogP contribution in [0.5, 0.6) is 0 Å². The van der Waals surface area contributed by atoms with Gasteiger partial charge >= 0.3 is 0 Å². The molecule has 0 amide bonds. The summed E-state index contributed by atoms with van der Waals surface area (Å²) in [5.41, 5.74) is 7.23. The molecule has 0 radical (unpaired) electrons. The Morgan fingerprint density at radius 2 is 2.05 bits per heavy atom. The van der Waals surface area contributed by atoms with E-state index in [4.69, 9.17) is 28.9 Å². The molecule has 1 saturated heterocycles. The topological polar surface area (TPSA) is 29.3 Å². The van der Waals surface area contributed by atoms with Gasteiger partial charge in [0.05, 0.1) is 10.0 Å². The average Bonchev–Trinajstić information content (AvgIpc) is 2.43. The van der Waals surface area contributed by atoms with Gasteiger partial charge in [-0.05, 0) is 49.4 Å². The number of likely N-dealkylation sites (tertiary alicyclic amines) is 1. The molecule has 20 heavy (non-hydrogen) atoms. The lowest BCUT2D eigenvalue weighted by Gasteiger charge is -2.35. The summed E-state index contributed by atoms with van der Waals surface area (Å²) in [7, 11) is 0. The summed E-state index contributed by atoms with van der Waals surface area (Å²) in [6, 6.07) is 5.64. The van der Waals surface area contributed by atoms with Crippen LogP contribution in [-0.2, 0) is 0 Å². The summed E-state index contributed by atoms with van der Waals surface area (Å²) in [5.74, 6) is 1.61. The Bertz CT molecular complexity index is 450. The minimum Gasteiger partial charge on any atom is -0.324 e. The molecule has 1 aromatic rings. The highest BCUT2D eigenvalue weighted by atomic mass is 35.5. The number of nitrogens with two attached hydrogens (primary N) is 1. The Hall–Kier alpha value is -0.280. The fourth-order valence-corrected chi connectivity index (χ4v) is 3.28. The van der Waals surface area contributed by atoms with Crippen molar-refractivity contribution in [2.24, 2.45) is 17.6 Å². The molecule has 3 unspecified atom stereocenters. The van der Waals surface area contributed by atoms with E-state index in [1.807, 2.05) is 12.1 Å². The summed E-state index contributed by atoms with van der Waals surface area (Å²) in [5, 5.41) is 1.18. The number of rotatable bonds is 4. The van der Waals surface area contributed by atoms with E-state index in [0.29, 0.717) is 10.0 Å². The van der Waals surface area contributed by atoms with Crippen LogP contribution in [-0.4, -0.2) is 24.5 Å². The van der Waals surface area contributed by atoms with Gasteiger partial charge in [-0.2, -0.15) is 0 Å². The molecule has 3 atom stereocenters. The Labute approximate surface area is 132 Å². The molecule has 4 heteroatoms. The van der Waals surface area contributed by atoms with Crippen molar-refractivity contribution in [3.63, 3.8) is 0 Å². The van der Waals surface area contributed by atoms with Crippen LogP contribution in [0.25, 0.3) is 0 Å². The number of halogens is 2. The second kappa shape index (κ2) is 7.13. The molecule has 2 N–H and O–H groups in total. The Morgan fingerprint density at radius 3 is 2.75 bits per heavy atom. The van der Waals surface area contributed by atoms with Crippen LogP contribution in [0.1, 0.15) is 38.3 Å². The Balaban J connectivity index is 1.89. The van der Waals surface area contributed by atoms with Gasteiger partial charge in [0, 0.05) is 12.6 Å². The lowest BCUT2D eigenvalue weighted by Crippen LogP contribution is -2.39. The van der Waals surface area contributed by atoms with Crippen LogP contribution in [0.2, 0.25) is 10.0 Å². The van der Waals surface area contributed by atoms with E-state index in [-0.39, 0.29) is 6.04 Å². The van der Waals surface area contributed by atoms with Gasteiger partial charge in [0.2, 0.25) is 0 Å². The first-order valence-corrected chi connectivity index (χ1v) is 8.16. The minimum absolute atomic E-state index is 0.0455. The number of nitrogens with zero attached hydrogens (tertiary/aromatic N) is 1. The number of benzene rings is 1. The summed E-state index contributed by atoms with van der Waals surface area (Å²) in [6.07, 6.45) is 2.20. The molecule has 112 valence electrons. The quantitative estimate of drug-likeness (QED) is 0.894. The van der Waals surface area contributed by atoms with Crippen molar-refractivity contribution in [2.75, 3.05) is 19.6 Å². The van der Waals surface area contributed by atoms with Gasteiger partial charge in [-0.25, -0.2) is 0 Å². The maximum atomic E-state index is 6.27. The molecule has 0 aromatic heterocycles. The maximum absolute atomic E-state index is 6.27. The van der Waals surface area contributed by atoms with E-state index in [0.717, 1.165) is 30.4 Å². The molecule has 1 aliphatic heterocycles. The summed E-state index contributed by atoms with van der Waals surface area (Å²) in [4.78, 5) is 2.52. The molecule has 0 spiro atoms. The molecule has 0 bridgehead atoms. The summed E-state index contributed by atoms with van der Waals surface area (Å²) in [6.45, 7) is 8.07. The average molecular weight is 315 g/mol. The van der Waals surface area contributed by atoms with Crippen molar-refractivity contribution in [3.8, 4) is 0 Å². The molecule has 2 nitrogen and oxygen atoms in total. The summed E-state index contributed by atoms with van der Waals surface area (Å²) >= 11 is 12.3. The normalized spacial score (nSPS) is 25.6. The van der Waals surface area contributed by atoms with Gasteiger partial charge in [0.1, 0.15) is 0 Å². The Kier molecular flexibility index (Phi) is 5.74. The van der Waals surface area contributed by atoms with Crippen LogP contribution in [0.15, 0.2) is 18.2 Å². The SMILES string of the molecule is CC1CCN(CCC(N)c2cccc(Cl)c2Cl)CC1C. The van der Waals surface area contributed by atoms with Crippen LogP contribution in [0.3, 0.4) is 0 Å². The van der Waals surface area contributed by atoms with Gasteiger partial charge in [0.25, 0.3) is 0 Å². The third kappa shape index (κ3) is 3.88. The molecular weight excluding hydrogens is 291 g/mol.